The van der Waals surface area contributed by atoms with Gasteiger partial charge in [0.05, 0.1) is 12.0 Å². The van der Waals surface area contributed by atoms with E-state index >= 15 is 0 Å². The van der Waals surface area contributed by atoms with Crippen LogP contribution in [0, 0.1) is 5.92 Å². The summed E-state index contributed by atoms with van der Waals surface area (Å²) in [6.45, 7) is 2.40. The topological polar surface area (TPSA) is 78.5 Å². The average molecular weight is 433 g/mol. The Hall–Kier alpha value is -3.36. The number of benzene rings is 2. The number of amides is 3. The van der Waals surface area contributed by atoms with E-state index in [0.29, 0.717) is 12.1 Å². The van der Waals surface area contributed by atoms with E-state index in [1.54, 1.807) is 10.2 Å². The maximum absolute atomic E-state index is 12.5. The number of alkyl halides is 3. The highest BCUT2D eigenvalue weighted by Crippen LogP contribution is 2.28. The second-order valence-electron chi connectivity index (χ2n) is 7.40. The van der Waals surface area contributed by atoms with Gasteiger partial charge in [0.25, 0.3) is 0 Å². The highest BCUT2D eigenvalue weighted by atomic mass is 19.4. The lowest BCUT2D eigenvalue weighted by atomic mass is 10.1. The molecule has 0 aliphatic carbocycles. The fourth-order valence-electron chi connectivity index (χ4n) is 3.43. The van der Waals surface area contributed by atoms with Crippen molar-refractivity contribution < 1.29 is 27.6 Å². The zero-order valence-electron chi connectivity index (χ0n) is 16.8. The van der Waals surface area contributed by atoms with Crippen molar-refractivity contribution in [3.05, 3.63) is 65.7 Å². The number of halogens is 3. The summed E-state index contributed by atoms with van der Waals surface area (Å²) in [5.74, 6) is -2.86. The van der Waals surface area contributed by atoms with Crippen molar-refractivity contribution >= 4 is 23.4 Å². The molecule has 0 aromatic heterocycles. The summed E-state index contributed by atoms with van der Waals surface area (Å²) < 4.78 is 36.9. The van der Waals surface area contributed by atoms with E-state index in [4.69, 9.17) is 0 Å². The largest absolute Gasteiger partial charge is 0.471 e. The van der Waals surface area contributed by atoms with Gasteiger partial charge in [0.15, 0.2) is 0 Å². The molecule has 0 radical (unpaired) electrons. The monoisotopic (exact) mass is 433 g/mol. The molecule has 1 fully saturated rings. The van der Waals surface area contributed by atoms with Crippen LogP contribution in [0.2, 0.25) is 0 Å². The minimum Gasteiger partial charge on any atom is -0.352 e. The standard InChI is InChI=1S/C22H22F3N3O3/c1-14(16-5-3-2-4-6-16)28-13-17(11-19(28)29)20(30)26-12-15-7-9-18(10-8-15)27-21(31)22(23,24)25/h2-10,14,17H,11-13H2,1H3,(H,26,30)(H,27,31). The van der Waals surface area contributed by atoms with Crippen molar-refractivity contribution in [2.24, 2.45) is 5.92 Å². The Morgan fingerprint density at radius 2 is 1.74 bits per heavy atom. The Kier molecular flexibility index (Phi) is 6.62. The molecule has 2 unspecified atom stereocenters. The van der Waals surface area contributed by atoms with Crippen LogP contribution < -0.4 is 10.6 Å². The van der Waals surface area contributed by atoms with Crippen LogP contribution in [0.15, 0.2) is 54.6 Å². The van der Waals surface area contributed by atoms with Gasteiger partial charge in [-0.3, -0.25) is 14.4 Å². The van der Waals surface area contributed by atoms with Crippen LogP contribution in [-0.2, 0) is 20.9 Å². The Morgan fingerprint density at radius 3 is 2.35 bits per heavy atom. The smallest absolute Gasteiger partial charge is 0.352 e. The molecule has 0 spiro atoms. The first-order chi connectivity index (χ1) is 14.6. The van der Waals surface area contributed by atoms with Gasteiger partial charge >= 0.3 is 12.1 Å². The normalized spacial score (nSPS) is 17.4. The first-order valence-corrected chi connectivity index (χ1v) is 9.74. The molecule has 1 aliphatic rings. The Balaban J connectivity index is 1.52. The van der Waals surface area contributed by atoms with Crippen molar-refractivity contribution in [3.63, 3.8) is 0 Å². The van der Waals surface area contributed by atoms with Gasteiger partial charge in [0.2, 0.25) is 11.8 Å². The molecule has 2 aromatic rings. The van der Waals surface area contributed by atoms with Gasteiger partial charge in [-0.25, -0.2) is 0 Å². The van der Waals surface area contributed by atoms with Crippen molar-refractivity contribution in [1.29, 1.82) is 0 Å². The Bertz CT molecular complexity index is 946. The summed E-state index contributed by atoms with van der Waals surface area (Å²) >= 11 is 0. The quantitative estimate of drug-likeness (QED) is 0.733. The highest BCUT2D eigenvalue weighted by molar-refractivity contribution is 5.94. The summed E-state index contributed by atoms with van der Waals surface area (Å²) in [4.78, 5) is 37.6. The summed E-state index contributed by atoms with van der Waals surface area (Å²) in [5, 5.41) is 4.52. The van der Waals surface area contributed by atoms with Gasteiger partial charge in [0, 0.05) is 25.2 Å². The number of hydrogen-bond donors (Lipinski definition) is 2. The number of rotatable bonds is 6. The van der Waals surface area contributed by atoms with Crippen molar-refractivity contribution in [2.45, 2.75) is 32.1 Å². The molecule has 31 heavy (non-hydrogen) atoms. The molecule has 2 aromatic carbocycles. The van der Waals surface area contributed by atoms with Gasteiger partial charge < -0.3 is 15.5 Å². The molecule has 0 saturated carbocycles. The minimum absolute atomic E-state index is 0.00401. The van der Waals surface area contributed by atoms with Crippen LogP contribution in [0.1, 0.15) is 30.5 Å². The fourth-order valence-corrected chi connectivity index (χ4v) is 3.43. The molecule has 3 amide bonds. The molecular formula is C22H22F3N3O3. The van der Waals surface area contributed by atoms with E-state index < -0.39 is 18.0 Å². The number of nitrogens with zero attached hydrogens (tertiary/aromatic N) is 1. The first kappa shape index (κ1) is 22.3. The summed E-state index contributed by atoms with van der Waals surface area (Å²) in [5.41, 5.74) is 1.65. The van der Waals surface area contributed by atoms with Gasteiger partial charge in [-0.2, -0.15) is 13.2 Å². The van der Waals surface area contributed by atoms with Gasteiger partial charge in [-0.05, 0) is 30.2 Å². The lowest BCUT2D eigenvalue weighted by molar-refractivity contribution is -0.167. The summed E-state index contributed by atoms with van der Waals surface area (Å²) in [6.07, 6.45) is -4.83. The van der Waals surface area contributed by atoms with E-state index in [1.807, 2.05) is 37.3 Å². The number of likely N-dealkylation sites (tertiary alicyclic amines) is 1. The minimum atomic E-state index is -4.96. The van der Waals surface area contributed by atoms with Crippen LogP contribution in [0.25, 0.3) is 0 Å². The molecule has 0 bridgehead atoms. The van der Waals surface area contributed by atoms with Crippen molar-refractivity contribution in [2.75, 3.05) is 11.9 Å². The SMILES string of the molecule is CC(c1ccccc1)N1CC(C(=O)NCc2ccc(NC(=O)C(F)(F)F)cc2)CC1=O. The lowest BCUT2D eigenvalue weighted by Gasteiger charge is -2.25. The Labute approximate surface area is 177 Å². The molecule has 1 aliphatic heterocycles. The Morgan fingerprint density at radius 1 is 1.10 bits per heavy atom. The number of nitrogens with one attached hydrogen (secondary N) is 2. The van der Waals surface area contributed by atoms with E-state index in [-0.39, 0.29) is 36.5 Å². The third kappa shape index (κ3) is 5.62. The van der Waals surface area contributed by atoms with Gasteiger partial charge in [-0.1, -0.05) is 42.5 Å². The summed E-state index contributed by atoms with van der Waals surface area (Å²) in [7, 11) is 0. The molecule has 1 saturated heterocycles. The number of carbonyl (C=O) groups is 3. The van der Waals surface area contributed by atoms with Crippen molar-refractivity contribution in [1.82, 2.24) is 10.2 Å². The maximum atomic E-state index is 12.5. The lowest BCUT2D eigenvalue weighted by Crippen LogP contribution is -2.33. The predicted octanol–water partition coefficient (Wildman–Crippen LogP) is 3.41. The second kappa shape index (κ2) is 9.20. The third-order valence-electron chi connectivity index (χ3n) is 5.21. The van der Waals surface area contributed by atoms with Gasteiger partial charge in [0.1, 0.15) is 0 Å². The van der Waals surface area contributed by atoms with E-state index in [0.717, 1.165) is 5.56 Å². The number of carbonyl (C=O) groups excluding carboxylic acids is 3. The van der Waals surface area contributed by atoms with Crippen LogP contribution in [-0.4, -0.2) is 35.3 Å². The first-order valence-electron chi connectivity index (χ1n) is 9.74. The van der Waals surface area contributed by atoms with Crippen LogP contribution in [0.4, 0.5) is 18.9 Å². The predicted molar refractivity (Wildman–Crippen MR) is 108 cm³/mol. The van der Waals surface area contributed by atoms with Crippen molar-refractivity contribution in [3.8, 4) is 0 Å². The fraction of sp³-hybridized carbons (Fsp3) is 0.318. The second-order valence-corrected chi connectivity index (χ2v) is 7.40. The third-order valence-corrected chi connectivity index (χ3v) is 5.21. The molecule has 3 rings (SSSR count). The van der Waals surface area contributed by atoms with E-state index in [9.17, 15) is 27.6 Å². The molecule has 164 valence electrons. The summed E-state index contributed by atoms with van der Waals surface area (Å²) in [6, 6.07) is 15.1. The van der Waals surface area contributed by atoms with Crippen LogP contribution in [0.5, 0.6) is 0 Å². The van der Waals surface area contributed by atoms with E-state index in [1.165, 1.54) is 24.3 Å². The maximum Gasteiger partial charge on any atom is 0.471 e. The molecule has 1 heterocycles. The van der Waals surface area contributed by atoms with Crippen LogP contribution >= 0.6 is 0 Å². The van der Waals surface area contributed by atoms with E-state index in [2.05, 4.69) is 5.32 Å². The highest BCUT2D eigenvalue weighted by Gasteiger charge is 2.39. The molecule has 9 heteroatoms. The molecule has 2 atom stereocenters. The molecule has 6 nitrogen and oxygen atoms in total. The zero-order valence-corrected chi connectivity index (χ0v) is 16.8. The molecular weight excluding hydrogens is 411 g/mol. The molecule has 2 N–H and O–H groups in total. The number of hydrogen-bond acceptors (Lipinski definition) is 3. The van der Waals surface area contributed by atoms with Crippen LogP contribution in [0.3, 0.4) is 0 Å². The zero-order chi connectivity index (χ0) is 22.6. The average Bonchev–Trinajstić information content (AvgIpc) is 3.14. The van der Waals surface area contributed by atoms with Gasteiger partial charge in [-0.15, -0.1) is 0 Å². The number of anilines is 1.